The van der Waals surface area contributed by atoms with Crippen molar-refractivity contribution >= 4 is 5.97 Å². The molecule has 0 aliphatic heterocycles. The largest absolute Gasteiger partial charge is 0.480 e. The van der Waals surface area contributed by atoms with Crippen molar-refractivity contribution in [3.8, 4) is 0 Å². The van der Waals surface area contributed by atoms with Crippen LogP contribution in [-0.2, 0) is 4.79 Å². The molecular formula is C8H15NO2. The zero-order chi connectivity index (χ0) is 8.48. The molecule has 1 unspecified atom stereocenters. The van der Waals surface area contributed by atoms with Gasteiger partial charge in [0.05, 0.1) is 6.54 Å². The lowest BCUT2D eigenvalue weighted by molar-refractivity contribution is -0.136. The lowest BCUT2D eigenvalue weighted by Crippen LogP contribution is -2.36. The summed E-state index contributed by atoms with van der Waals surface area (Å²) in [6, 6.07) is 0.332. The SMILES string of the molecule is CC(NCC(=O)O)C1(C)CC1. The molecule has 1 aliphatic rings. The second-order valence-electron chi connectivity index (χ2n) is 3.65. The Labute approximate surface area is 66.8 Å². The molecule has 0 radical (unpaired) electrons. The summed E-state index contributed by atoms with van der Waals surface area (Å²) in [6.45, 7) is 4.32. The maximum absolute atomic E-state index is 10.2. The van der Waals surface area contributed by atoms with Crippen molar-refractivity contribution in [3.05, 3.63) is 0 Å². The van der Waals surface area contributed by atoms with Crippen LogP contribution in [0.1, 0.15) is 26.7 Å². The lowest BCUT2D eigenvalue weighted by Gasteiger charge is -2.18. The second-order valence-corrected chi connectivity index (χ2v) is 3.65. The third-order valence-corrected chi connectivity index (χ3v) is 2.64. The maximum Gasteiger partial charge on any atom is 0.317 e. The average molecular weight is 157 g/mol. The first-order chi connectivity index (χ1) is 5.04. The van der Waals surface area contributed by atoms with Crippen molar-refractivity contribution in [3.63, 3.8) is 0 Å². The maximum atomic E-state index is 10.2. The topological polar surface area (TPSA) is 49.3 Å². The molecule has 0 aromatic carbocycles. The third kappa shape index (κ3) is 2.19. The van der Waals surface area contributed by atoms with Crippen LogP contribution >= 0.6 is 0 Å². The van der Waals surface area contributed by atoms with Gasteiger partial charge in [-0.05, 0) is 25.2 Å². The summed E-state index contributed by atoms with van der Waals surface area (Å²) in [5, 5.41) is 11.4. The summed E-state index contributed by atoms with van der Waals surface area (Å²) in [4.78, 5) is 10.2. The minimum Gasteiger partial charge on any atom is -0.480 e. The fourth-order valence-electron chi connectivity index (χ4n) is 1.12. The highest BCUT2D eigenvalue weighted by Gasteiger charge is 2.42. The van der Waals surface area contributed by atoms with Gasteiger partial charge in [0.15, 0.2) is 0 Å². The molecule has 1 fully saturated rings. The van der Waals surface area contributed by atoms with Gasteiger partial charge < -0.3 is 10.4 Å². The molecule has 0 amide bonds. The van der Waals surface area contributed by atoms with Crippen molar-refractivity contribution in [1.29, 1.82) is 0 Å². The summed E-state index contributed by atoms with van der Waals surface area (Å²) in [5.41, 5.74) is 0.370. The number of rotatable bonds is 4. The number of carboxylic acids is 1. The Bertz CT molecular complexity index is 163. The molecule has 0 aromatic heterocycles. The molecular weight excluding hydrogens is 142 g/mol. The molecule has 64 valence electrons. The fourth-order valence-corrected chi connectivity index (χ4v) is 1.12. The van der Waals surface area contributed by atoms with Crippen molar-refractivity contribution in [2.75, 3.05) is 6.54 Å². The predicted octanol–water partition coefficient (Wildman–Crippen LogP) is 0.849. The highest BCUT2D eigenvalue weighted by Crippen LogP contribution is 2.47. The van der Waals surface area contributed by atoms with E-state index in [9.17, 15) is 4.79 Å². The summed E-state index contributed by atoms with van der Waals surface area (Å²) in [5.74, 6) is -0.777. The van der Waals surface area contributed by atoms with E-state index in [0.29, 0.717) is 11.5 Å². The summed E-state index contributed by atoms with van der Waals surface area (Å²) >= 11 is 0. The minimum atomic E-state index is -0.777. The van der Waals surface area contributed by atoms with Crippen LogP contribution in [0.2, 0.25) is 0 Å². The van der Waals surface area contributed by atoms with E-state index in [1.54, 1.807) is 0 Å². The van der Waals surface area contributed by atoms with E-state index in [4.69, 9.17) is 5.11 Å². The predicted molar refractivity (Wildman–Crippen MR) is 42.4 cm³/mol. The van der Waals surface area contributed by atoms with E-state index in [1.165, 1.54) is 12.8 Å². The summed E-state index contributed by atoms with van der Waals surface area (Å²) in [7, 11) is 0. The van der Waals surface area contributed by atoms with Gasteiger partial charge in [0, 0.05) is 6.04 Å². The number of hydrogen-bond acceptors (Lipinski definition) is 2. The molecule has 1 rings (SSSR count). The summed E-state index contributed by atoms with van der Waals surface area (Å²) in [6.07, 6.45) is 2.45. The van der Waals surface area contributed by atoms with E-state index in [-0.39, 0.29) is 6.54 Å². The van der Waals surface area contributed by atoms with E-state index in [0.717, 1.165) is 0 Å². The van der Waals surface area contributed by atoms with Crippen molar-refractivity contribution < 1.29 is 9.90 Å². The van der Waals surface area contributed by atoms with Gasteiger partial charge >= 0.3 is 5.97 Å². The standard InChI is InChI=1S/C8H15NO2/c1-6(8(2)3-4-8)9-5-7(10)11/h6,9H,3-5H2,1-2H3,(H,10,11). The molecule has 2 N–H and O–H groups in total. The van der Waals surface area contributed by atoms with Crippen LogP contribution in [0.4, 0.5) is 0 Å². The van der Waals surface area contributed by atoms with Gasteiger partial charge in [0.2, 0.25) is 0 Å². The van der Waals surface area contributed by atoms with Crippen molar-refractivity contribution in [2.45, 2.75) is 32.7 Å². The number of nitrogens with one attached hydrogen (secondary N) is 1. The third-order valence-electron chi connectivity index (χ3n) is 2.64. The first-order valence-electron chi connectivity index (χ1n) is 4.00. The molecule has 1 saturated carbocycles. The van der Waals surface area contributed by atoms with Crippen LogP contribution in [0, 0.1) is 5.41 Å². The van der Waals surface area contributed by atoms with Gasteiger partial charge in [-0.3, -0.25) is 4.79 Å². The van der Waals surface area contributed by atoms with Gasteiger partial charge in [-0.1, -0.05) is 6.92 Å². The number of hydrogen-bond donors (Lipinski definition) is 2. The van der Waals surface area contributed by atoms with Gasteiger partial charge in [0.1, 0.15) is 0 Å². The molecule has 0 saturated heterocycles. The molecule has 0 spiro atoms. The second kappa shape index (κ2) is 2.81. The van der Waals surface area contributed by atoms with E-state index in [1.807, 2.05) is 0 Å². The smallest absolute Gasteiger partial charge is 0.317 e. The highest BCUT2D eigenvalue weighted by molar-refractivity contribution is 5.69. The molecule has 0 bridgehead atoms. The van der Waals surface area contributed by atoms with Crippen molar-refractivity contribution in [1.82, 2.24) is 5.32 Å². The van der Waals surface area contributed by atoms with Crippen LogP contribution in [-0.4, -0.2) is 23.7 Å². The van der Waals surface area contributed by atoms with Crippen LogP contribution in [0.25, 0.3) is 0 Å². The van der Waals surface area contributed by atoms with E-state index >= 15 is 0 Å². The number of carbonyl (C=O) groups is 1. The van der Waals surface area contributed by atoms with Gasteiger partial charge in [-0.25, -0.2) is 0 Å². The van der Waals surface area contributed by atoms with Crippen LogP contribution in [0.5, 0.6) is 0 Å². The van der Waals surface area contributed by atoms with Crippen molar-refractivity contribution in [2.24, 2.45) is 5.41 Å². The molecule has 3 nitrogen and oxygen atoms in total. The Hall–Kier alpha value is -0.570. The number of aliphatic carboxylic acids is 1. The number of carboxylic acid groups (broad SMARTS) is 1. The monoisotopic (exact) mass is 157 g/mol. The van der Waals surface area contributed by atoms with E-state index in [2.05, 4.69) is 19.2 Å². The molecule has 3 heteroatoms. The Morgan fingerprint density at radius 1 is 1.73 bits per heavy atom. The average Bonchev–Trinajstić information content (AvgIpc) is 2.64. The Balaban J connectivity index is 2.21. The fraction of sp³-hybridized carbons (Fsp3) is 0.875. The Morgan fingerprint density at radius 3 is 2.64 bits per heavy atom. The van der Waals surface area contributed by atoms with Gasteiger partial charge in [-0.2, -0.15) is 0 Å². The van der Waals surface area contributed by atoms with E-state index < -0.39 is 5.97 Å². The first-order valence-corrected chi connectivity index (χ1v) is 4.00. The van der Waals surface area contributed by atoms with Crippen LogP contribution in [0.15, 0.2) is 0 Å². The zero-order valence-corrected chi connectivity index (χ0v) is 7.05. The first kappa shape index (κ1) is 8.53. The van der Waals surface area contributed by atoms with Gasteiger partial charge in [0.25, 0.3) is 0 Å². The van der Waals surface area contributed by atoms with Crippen LogP contribution in [0.3, 0.4) is 0 Å². The Kier molecular flexibility index (Phi) is 2.18. The lowest BCUT2D eigenvalue weighted by atomic mass is 10.0. The van der Waals surface area contributed by atoms with Crippen LogP contribution < -0.4 is 5.32 Å². The molecule has 1 aliphatic carbocycles. The molecule has 11 heavy (non-hydrogen) atoms. The summed E-state index contributed by atoms with van der Waals surface area (Å²) < 4.78 is 0. The molecule has 1 atom stereocenters. The Morgan fingerprint density at radius 2 is 2.27 bits per heavy atom. The van der Waals surface area contributed by atoms with Gasteiger partial charge in [-0.15, -0.1) is 0 Å². The quantitative estimate of drug-likeness (QED) is 0.636. The highest BCUT2D eigenvalue weighted by atomic mass is 16.4. The molecule has 0 aromatic rings. The minimum absolute atomic E-state index is 0.0801. The zero-order valence-electron chi connectivity index (χ0n) is 7.05. The molecule has 0 heterocycles. The normalized spacial score (nSPS) is 22.7.